The molecule has 0 radical (unpaired) electrons. The molecular weight excluding hydrogens is 256 g/mol. The van der Waals surface area contributed by atoms with Crippen molar-refractivity contribution in [2.24, 2.45) is 5.92 Å². The predicted molar refractivity (Wildman–Crippen MR) is 76.4 cm³/mol. The maximum absolute atomic E-state index is 12.2. The van der Waals surface area contributed by atoms with E-state index in [1.54, 1.807) is 0 Å². The molecule has 1 saturated carbocycles. The molecule has 1 amide bonds. The molecular formula is C15H26N2O3. The van der Waals surface area contributed by atoms with Crippen LogP contribution in [0.3, 0.4) is 0 Å². The van der Waals surface area contributed by atoms with Crippen molar-refractivity contribution in [2.45, 2.75) is 51.6 Å². The van der Waals surface area contributed by atoms with Crippen LogP contribution in [0.1, 0.15) is 39.5 Å². The molecule has 1 aliphatic carbocycles. The van der Waals surface area contributed by atoms with E-state index in [1.165, 1.54) is 0 Å². The van der Waals surface area contributed by atoms with Gasteiger partial charge in [-0.2, -0.15) is 0 Å². The molecule has 2 fully saturated rings. The van der Waals surface area contributed by atoms with Gasteiger partial charge in [0.05, 0.1) is 13.2 Å². The minimum Gasteiger partial charge on any atom is -0.378 e. The van der Waals surface area contributed by atoms with Crippen LogP contribution in [0.5, 0.6) is 0 Å². The van der Waals surface area contributed by atoms with Gasteiger partial charge in [-0.1, -0.05) is 0 Å². The van der Waals surface area contributed by atoms with Crippen molar-refractivity contribution in [3.63, 3.8) is 0 Å². The normalized spacial score (nSPS) is 28.1. The molecule has 1 N–H and O–H groups in total. The molecule has 2 rings (SSSR count). The lowest BCUT2D eigenvalue weighted by Gasteiger charge is -2.35. The van der Waals surface area contributed by atoms with Crippen LogP contribution < -0.4 is 5.32 Å². The SMILES string of the molecule is CC(C)NC(=O)C1COCCN1CCC1CCCC1=O. The van der Waals surface area contributed by atoms with Gasteiger partial charge in [-0.3, -0.25) is 14.5 Å². The van der Waals surface area contributed by atoms with E-state index < -0.39 is 0 Å². The van der Waals surface area contributed by atoms with Crippen molar-refractivity contribution in [3.8, 4) is 0 Å². The quantitative estimate of drug-likeness (QED) is 0.816. The Kier molecular flexibility index (Phi) is 5.54. The Morgan fingerprint density at radius 2 is 2.30 bits per heavy atom. The minimum atomic E-state index is -0.206. The van der Waals surface area contributed by atoms with Gasteiger partial charge in [-0.15, -0.1) is 0 Å². The van der Waals surface area contributed by atoms with E-state index in [1.807, 2.05) is 13.8 Å². The summed E-state index contributed by atoms with van der Waals surface area (Å²) in [5.41, 5.74) is 0. The maximum Gasteiger partial charge on any atom is 0.239 e. The summed E-state index contributed by atoms with van der Waals surface area (Å²) in [4.78, 5) is 26.0. The summed E-state index contributed by atoms with van der Waals surface area (Å²) >= 11 is 0. The summed E-state index contributed by atoms with van der Waals surface area (Å²) in [5.74, 6) is 0.658. The lowest BCUT2D eigenvalue weighted by molar-refractivity contribution is -0.133. The number of Topliss-reactive ketones (excluding diaryl/α,β-unsaturated/α-hetero) is 1. The maximum atomic E-state index is 12.2. The van der Waals surface area contributed by atoms with E-state index in [2.05, 4.69) is 10.2 Å². The summed E-state index contributed by atoms with van der Waals surface area (Å²) < 4.78 is 5.44. The number of ketones is 1. The third kappa shape index (κ3) is 4.03. The Bertz CT molecular complexity index is 357. The van der Waals surface area contributed by atoms with Gasteiger partial charge in [0.1, 0.15) is 11.8 Å². The van der Waals surface area contributed by atoms with Crippen LogP contribution in [0.2, 0.25) is 0 Å². The molecule has 0 aromatic rings. The van der Waals surface area contributed by atoms with E-state index in [-0.39, 0.29) is 23.9 Å². The predicted octanol–water partition coefficient (Wildman–Crippen LogP) is 0.971. The number of amides is 1. The number of ether oxygens (including phenoxy) is 1. The standard InChI is InChI=1S/C15H26N2O3/c1-11(2)16-15(19)13-10-20-9-8-17(13)7-6-12-4-3-5-14(12)18/h11-13H,3-10H2,1-2H3,(H,16,19). The van der Waals surface area contributed by atoms with Gasteiger partial charge in [0.15, 0.2) is 0 Å². The van der Waals surface area contributed by atoms with E-state index in [0.717, 1.165) is 38.8 Å². The molecule has 1 heterocycles. The van der Waals surface area contributed by atoms with E-state index in [9.17, 15) is 9.59 Å². The largest absolute Gasteiger partial charge is 0.378 e. The van der Waals surface area contributed by atoms with Crippen LogP contribution in [0.25, 0.3) is 0 Å². The van der Waals surface area contributed by atoms with Crippen LogP contribution in [0.4, 0.5) is 0 Å². The van der Waals surface area contributed by atoms with E-state index in [0.29, 0.717) is 19.0 Å². The molecule has 1 saturated heterocycles. The summed E-state index contributed by atoms with van der Waals surface area (Å²) in [5, 5.41) is 2.95. The van der Waals surface area contributed by atoms with Crippen LogP contribution in [0, 0.1) is 5.92 Å². The second-order valence-electron chi connectivity index (χ2n) is 6.13. The summed E-state index contributed by atoms with van der Waals surface area (Å²) in [6.07, 6.45) is 3.67. The van der Waals surface area contributed by atoms with Gasteiger partial charge in [0, 0.05) is 24.9 Å². The van der Waals surface area contributed by atoms with E-state index in [4.69, 9.17) is 4.74 Å². The fourth-order valence-electron chi connectivity index (χ4n) is 3.04. The highest BCUT2D eigenvalue weighted by atomic mass is 16.5. The first-order valence-corrected chi connectivity index (χ1v) is 7.73. The number of morpholine rings is 1. The second kappa shape index (κ2) is 7.18. The molecule has 114 valence electrons. The highest BCUT2D eigenvalue weighted by Crippen LogP contribution is 2.25. The van der Waals surface area contributed by atoms with Gasteiger partial charge in [0.25, 0.3) is 0 Å². The molecule has 2 unspecified atom stereocenters. The van der Waals surface area contributed by atoms with Gasteiger partial charge < -0.3 is 10.1 Å². The fraction of sp³-hybridized carbons (Fsp3) is 0.867. The smallest absolute Gasteiger partial charge is 0.239 e. The Hall–Kier alpha value is -0.940. The lowest BCUT2D eigenvalue weighted by Crippen LogP contribution is -2.55. The summed E-state index contributed by atoms with van der Waals surface area (Å²) in [6.45, 7) is 6.64. The van der Waals surface area contributed by atoms with Gasteiger partial charge in [-0.25, -0.2) is 0 Å². The Morgan fingerprint density at radius 1 is 1.50 bits per heavy atom. The number of rotatable bonds is 5. The number of carbonyl (C=O) groups is 2. The number of nitrogens with zero attached hydrogens (tertiary/aromatic N) is 1. The van der Waals surface area contributed by atoms with Crippen molar-refractivity contribution in [1.29, 1.82) is 0 Å². The molecule has 0 aromatic heterocycles. The fourth-order valence-corrected chi connectivity index (χ4v) is 3.04. The number of hydrogen-bond donors (Lipinski definition) is 1. The van der Waals surface area contributed by atoms with Crippen molar-refractivity contribution in [3.05, 3.63) is 0 Å². The van der Waals surface area contributed by atoms with Crippen molar-refractivity contribution >= 4 is 11.7 Å². The van der Waals surface area contributed by atoms with Crippen LogP contribution in [0.15, 0.2) is 0 Å². The minimum absolute atomic E-state index is 0.0393. The molecule has 2 atom stereocenters. The molecule has 0 bridgehead atoms. The number of hydrogen-bond acceptors (Lipinski definition) is 4. The first-order valence-electron chi connectivity index (χ1n) is 7.73. The Morgan fingerprint density at radius 3 is 2.95 bits per heavy atom. The zero-order valence-electron chi connectivity index (χ0n) is 12.6. The lowest BCUT2D eigenvalue weighted by atomic mass is 10.0. The van der Waals surface area contributed by atoms with Crippen LogP contribution in [-0.4, -0.2) is 55.0 Å². The van der Waals surface area contributed by atoms with Crippen LogP contribution >= 0.6 is 0 Å². The first kappa shape index (κ1) is 15.4. The molecule has 5 nitrogen and oxygen atoms in total. The Labute approximate surface area is 121 Å². The molecule has 1 aliphatic heterocycles. The average molecular weight is 282 g/mol. The topological polar surface area (TPSA) is 58.6 Å². The van der Waals surface area contributed by atoms with Crippen LogP contribution in [-0.2, 0) is 14.3 Å². The van der Waals surface area contributed by atoms with Gasteiger partial charge >= 0.3 is 0 Å². The third-order valence-corrected chi connectivity index (χ3v) is 4.17. The van der Waals surface area contributed by atoms with Crippen molar-refractivity contribution in [1.82, 2.24) is 10.2 Å². The average Bonchev–Trinajstić information content (AvgIpc) is 2.81. The third-order valence-electron chi connectivity index (χ3n) is 4.17. The summed E-state index contributed by atoms with van der Waals surface area (Å²) in [7, 11) is 0. The molecule has 0 spiro atoms. The van der Waals surface area contributed by atoms with Crippen molar-refractivity contribution in [2.75, 3.05) is 26.3 Å². The van der Waals surface area contributed by atoms with E-state index >= 15 is 0 Å². The zero-order chi connectivity index (χ0) is 14.5. The summed E-state index contributed by atoms with van der Waals surface area (Å²) in [6, 6.07) is -0.0645. The molecule has 2 aliphatic rings. The highest BCUT2D eigenvalue weighted by Gasteiger charge is 2.31. The first-order chi connectivity index (χ1) is 9.58. The number of nitrogens with one attached hydrogen (secondary N) is 1. The Balaban J connectivity index is 1.86. The van der Waals surface area contributed by atoms with Crippen molar-refractivity contribution < 1.29 is 14.3 Å². The highest BCUT2D eigenvalue weighted by molar-refractivity contribution is 5.83. The number of carbonyl (C=O) groups excluding carboxylic acids is 2. The van der Waals surface area contributed by atoms with Gasteiger partial charge in [0.2, 0.25) is 5.91 Å². The molecule has 0 aromatic carbocycles. The molecule has 20 heavy (non-hydrogen) atoms. The monoisotopic (exact) mass is 282 g/mol. The zero-order valence-corrected chi connectivity index (χ0v) is 12.6. The second-order valence-corrected chi connectivity index (χ2v) is 6.13. The molecule has 5 heteroatoms. The van der Waals surface area contributed by atoms with Gasteiger partial charge in [-0.05, 0) is 39.7 Å².